The fraction of sp³-hybridized carbons (Fsp3) is 0.435. The fourth-order valence-corrected chi connectivity index (χ4v) is 4.46. The molecule has 1 atom stereocenters. The van der Waals surface area contributed by atoms with E-state index in [0.29, 0.717) is 35.3 Å². The highest BCUT2D eigenvalue weighted by Gasteiger charge is 2.35. The number of piperazine rings is 1. The molecule has 0 bridgehead atoms. The van der Waals surface area contributed by atoms with Gasteiger partial charge in [0, 0.05) is 38.1 Å². The third-order valence-corrected chi connectivity index (χ3v) is 6.25. The number of amides is 1. The summed E-state index contributed by atoms with van der Waals surface area (Å²) in [5.41, 5.74) is 2.25. The van der Waals surface area contributed by atoms with Gasteiger partial charge < -0.3 is 14.5 Å². The summed E-state index contributed by atoms with van der Waals surface area (Å²) in [6, 6.07) is 5.25. The Morgan fingerprint density at radius 3 is 2.74 bits per heavy atom. The molecule has 5 rings (SSSR count). The van der Waals surface area contributed by atoms with Gasteiger partial charge in [-0.1, -0.05) is 0 Å². The molecule has 0 aromatic carbocycles. The predicted molar refractivity (Wildman–Crippen MR) is 119 cm³/mol. The van der Waals surface area contributed by atoms with Gasteiger partial charge in [0.05, 0.1) is 17.0 Å². The Morgan fingerprint density at radius 2 is 2.06 bits per heavy atom. The van der Waals surface area contributed by atoms with Gasteiger partial charge in [-0.2, -0.15) is 18.4 Å². The second kappa shape index (κ2) is 8.72. The monoisotopic (exact) mass is 485 g/mol. The van der Waals surface area contributed by atoms with Crippen LogP contribution in [0.1, 0.15) is 36.8 Å². The van der Waals surface area contributed by atoms with Crippen molar-refractivity contribution in [2.24, 2.45) is 0 Å². The Kier molecular flexibility index (Phi) is 5.70. The number of rotatable bonds is 4. The van der Waals surface area contributed by atoms with E-state index in [2.05, 4.69) is 25.8 Å². The number of halogens is 3. The quantitative estimate of drug-likeness (QED) is 0.555. The number of hydrogen-bond donors (Lipinski definition) is 0. The summed E-state index contributed by atoms with van der Waals surface area (Å²) >= 11 is 0. The minimum absolute atomic E-state index is 0.202. The van der Waals surface area contributed by atoms with Crippen molar-refractivity contribution in [2.45, 2.75) is 37.9 Å². The Morgan fingerprint density at radius 1 is 1.26 bits per heavy atom. The van der Waals surface area contributed by atoms with E-state index in [4.69, 9.17) is 0 Å². The van der Waals surface area contributed by atoms with E-state index < -0.39 is 18.9 Å². The zero-order valence-electron chi connectivity index (χ0n) is 18.9. The van der Waals surface area contributed by atoms with E-state index >= 15 is 0 Å². The summed E-state index contributed by atoms with van der Waals surface area (Å²) in [7, 11) is 0. The number of nitriles is 1. The maximum atomic E-state index is 12.4. The Labute approximate surface area is 198 Å². The number of nitrogens with zero attached hydrogens (tertiary/aromatic N) is 7. The number of alkyl halides is 3. The van der Waals surface area contributed by atoms with Crippen molar-refractivity contribution in [3.8, 4) is 11.9 Å². The lowest BCUT2D eigenvalue weighted by molar-refractivity contribution is -0.162. The molecular formula is C23H22F3N7O2. The number of hydrogen-bond acceptors (Lipinski definition) is 7. The number of pyridine rings is 1. The molecule has 9 nitrogen and oxygen atoms in total. The minimum atomic E-state index is -4.57. The molecule has 35 heavy (non-hydrogen) atoms. The highest BCUT2D eigenvalue weighted by molar-refractivity contribution is 5.93. The number of ether oxygens (including phenoxy) is 1. The molecule has 182 valence electrons. The number of carbonyl (C=O) groups is 1. The molecule has 1 aliphatic heterocycles. The number of fused-ring (bicyclic) bond motifs is 1. The number of carbonyl (C=O) groups excluding carboxylic acids is 1. The first kappa shape index (κ1) is 22.9. The standard InChI is InChI=1S/C23H22F3N7O2/c1-14-10-31(22(34)35-12-23(24,25)26)6-7-32(14)20-19-17(16-2-3-16)11-33(21(19)30-13-29-20)18-8-15(9-27)4-5-28-18/h4-5,8,11,13-14,16H,2-3,6-7,10,12H2,1H3/t14-/m0/s1. The molecule has 3 aromatic heterocycles. The maximum absolute atomic E-state index is 12.4. The molecule has 0 unspecified atom stereocenters. The van der Waals surface area contributed by atoms with Gasteiger partial charge in [0.15, 0.2) is 12.3 Å². The van der Waals surface area contributed by atoms with Crippen LogP contribution in [0.3, 0.4) is 0 Å². The first-order chi connectivity index (χ1) is 16.7. The molecule has 1 saturated heterocycles. The molecule has 0 spiro atoms. The molecule has 4 heterocycles. The van der Waals surface area contributed by atoms with Gasteiger partial charge in [0.25, 0.3) is 0 Å². The summed E-state index contributed by atoms with van der Waals surface area (Å²) in [4.78, 5) is 29.0. The van der Waals surface area contributed by atoms with E-state index in [1.54, 1.807) is 18.3 Å². The summed E-state index contributed by atoms with van der Waals surface area (Å²) in [6.07, 6.45) is 1.60. The zero-order chi connectivity index (χ0) is 24.7. The molecule has 0 radical (unpaired) electrons. The molecule has 1 aliphatic carbocycles. The maximum Gasteiger partial charge on any atom is 0.422 e. The van der Waals surface area contributed by atoms with E-state index in [-0.39, 0.29) is 19.1 Å². The molecule has 0 N–H and O–H groups in total. The molecule has 2 fully saturated rings. The van der Waals surface area contributed by atoms with Crippen molar-refractivity contribution in [3.63, 3.8) is 0 Å². The second-order valence-corrected chi connectivity index (χ2v) is 8.80. The topological polar surface area (TPSA) is 100 Å². The van der Waals surface area contributed by atoms with E-state index in [9.17, 15) is 23.2 Å². The van der Waals surface area contributed by atoms with Crippen LogP contribution in [0.4, 0.5) is 23.8 Å². The molecule has 12 heteroatoms. The lowest BCUT2D eigenvalue weighted by Crippen LogP contribution is -2.54. The second-order valence-electron chi connectivity index (χ2n) is 8.80. The highest BCUT2D eigenvalue weighted by Crippen LogP contribution is 2.46. The summed E-state index contributed by atoms with van der Waals surface area (Å²) < 4.78 is 43.6. The van der Waals surface area contributed by atoms with Crippen LogP contribution < -0.4 is 4.90 Å². The lowest BCUT2D eigenvalue weighted by atomic mass is 10.1. The van der Waals surface area contributed by atoms with Crippen molar-refractivity contribution in [1.82, 2.24) is 24.4 Å². The molecule has 1 saturated carbocycles. The normalized spacial score (nSPS) is 18.5. The smallest absolute Gasteiger partial charge is 0.422 e. The van der Waals surface area contributed by atoms with Gasteiger partial charge in [-0.05, 0) is 43.4 Å². The third kappa shape index (κ3) is 4.58. The fourth-order valence-electron chi connectivity index (χ4n) is 4.46. The molecular weight excluding hydrogens is 463 g/mol. The molecule has 3 aromatic rings. The predicted octanol–water partition coefficient (Wildman–Crippen LogP) is 3.77. The molecule has 2 aliphatic rings. The summed E-state index contributed by atoms with van der Waals surface area (Å²) in [5, 5.41) is 10.2. The van der Waals surface area contributed by atoms with E-state index in [0.717, 1.165) is 23.8 Å². The molecule has 1 amide bonds. The van der Waals surface area contributed by atoms with Crippen LogP contribution in [0.25, 0.3) is 16.9 Å². The van der Waals surface area contributed by atoms with Gasteiger partial charge >= 0.3 is 12.3 Å². The first-order valence-electron chi connectivity index (χ1n) is 11.2. The van der Waals surface area contributed by atoms with Crippen LogP contribution in [-0.4, -0.2) is 69.0 Å². The van der Waals surface area contributed by atoms with Crippen molar-refractivity contribution in [2.75, 3.05) is 31.1 Å². The summed E-state index contributed by atoms with van der Waals surface area (Å²) in [6.45, 7) is 1.08. The largest absolute Gasteiger partial charge is 0.440 e. The van der Waals surface area contributed by atoms with Crippen molar-refractivity contribution >= 4 is 22.9 Å². The van der Waals surface area contributed by atoms with Crippen LogP contribution >= 0.6 is 0 Å². The van der Waals surface area contributed by atoms with Crippen molar-refractivity contribution < 1.29 is 22.7 Å². The van der Waals surface area contributed by atoms with Gasteiger partial charge in [-0.3, -0.25) is 4.57 Å². The van der Waals surface area contributed by atoms with Crippen LogP contribution in [-0.2, 0) is 4.74 Å². The first-order valence-corrected chi connectivity index (χ1v) is 11.2. The van der Waals surface area contributed by atoms with Crippen LogP contribution in [0.5, 0.6) is 0 Å². The van der Waals surface area contributed by atoms with Crippen molar-refractivity contribution in [3.05, 3.63) is 42.0 Å². The van der Waals surface area contributed by atoms with Crippen molar-refractivity contribution in [1.29, 1.82) is 5.26 Å². The SMILES string of the molecule is C[C@H]1CN(C(=O)OCC(F)(F)F)CCN1c1ncnc2c1c(C1CC1)cn2-c1cc(C#N)ccn1. The van der Waals surface area contributed by atoms with Gasteiger partial charge in [0.1, 0.15) is 18.0 Å². The average Bonchev–Trinajstić information content (AvgIpc) is 3.61. The van der Waals surface area contributed by atoms with E-state index in [1.807, 2.05) is 22.6 Å². The van der Waals surface area contributed by atoms with Gasteiger partial charge in [0.2, 0.25) is 0 Å². The Bertz CT molecular complexity index is 1310. The Balaban J connectivity index is 1.46. The average molecular weight is 485 g/mol. The number of aromatic nitrogens is 4. The van der Waals surface area contributed by atoms with Gasteiger partial charge in [-0.15, -0.1) is 0 Å². The third-order valence-electron chi connectivity index (χ3n) is 6.25. The zero-order valence-corrected chi connectivity index (χ0v) is 18.9. The number of anilines is 1. The highest BCUT2D eigenvalue weighted by atomic mass is 19.4. The Hall–Kier alpha value is -3.88. The lowest BCUT2D eigenvalue weighted by Gasteiger charge is -2.40. The van der Waals surface area contributed by atoms with Crippen LogP contribution in [0.2, 0.25) is 0 Å². The summed E-state index contributed by atoms with van der Waals surface area (Å²) in [5.74, 6) is 1.66. The van der Waals surface area contributed by atoms with Crippen LogP contribution in [0.15, 0.2) is 30.9 Å². The minimum Gasteiger partial charge on any atom is -0.440 e. The van der Waals surface area contributed by atoms with Crippen LogP contribution in [0, 0.1) is 11.3 Å². The van der Waals surface area contributed by atoms with Gasteiger partial charge in [-0.25, -0.2) is 19.7 Å². The van der Waals surface area contributed by atoms with E-state index in [1.165, 1.54) is 11.2 Å².